The molecule has 9 heteroatoms. The summed E-state index contributed by atoms with van der Waals surface area (Å²) in [5.74, 6) is 7.09. The van der Waals surface area contributed by atoms with E-state index in [1.54, 1.807) is 0 Å². The summed E-state index contributed by atoms with van der Waals surface area (Å²) in [6.07, 6.45) is 2.74. The lowest BCUT2D eigenvalue weighted by atomic mass is 10.4. The van der Waals surface area contributed by atoms with E-state index in [1.807, 2.05) is 4.90 Å². The quantitative estimate of drug-likeness (QED) is 0.484. The zero-order valence-corrected chi connectivity index (χ0v) is 11.9. The number of nitrogens with two attached hydrogens (primary N) is 1. The Labute approximate surface area is 122 Å². The van der Waals surface area contributed by atoms with Crippen LogP contribution in [0.2, 0.25) is 0 Å². The van der Waals surface area contributed by atoms with Crippen molar-refractivity contribution in [2.75, 3.05) is 47.9 Å². The topological polar surface area (TPSA) is 112 Å². The van der Waals surface area contributed by atoms with Crippen molar-refractivity contribution >= 4 is 23.8 Å². The van der Waals surface area contributed by atoms with Gasteiger partial charge < -0.3 is 15.1 Å². The van der Waals surface area contributed by atoms with Gasteiger partial charge in [0, 0.05) is 39.1 Å². The predicted molar refractivity (Wildman–Crippen MR) is 78.9 cm³/mol. The van der Waals surface area contributed by atoms with Gasteiger partial charge in [-0.1, -0.05) is 0 Å². The minimum atomic E-state index is 0.0588. The Bertz CT molecular complexity index is 516. The van der Waals surface area contributed by atoms with Gasteiger partial charge in [-0.25, -0.2) is 5.84 Å². The Morgan fingerprint density at radius 2 is 1.67 bits per heavy atom. The van der Waals surface area contributed by atoms with Crippen LogP contribution in [-0.4, -0.2) is 53.6 Å². The average Bonchev–Trinajstić information content (AvgIpc) is 2.96. The fraction of sp³-hybridized carbons (Fsp3) is 0.667. The predicted octanol–water partition coefficient (Wildman–Crippen LogP) is -0.916. The molecule has 1 aromatic rings. The van der Waals surface area contributed by atoms with Gasteiger partial charge in [-0.05, 0) is 12.8 Å². The van der Waals surface area contributed by atoms with E-state index >= 15 is 0 Å². The van der Waals surface area contributed by atoms with Crippen LogP contribution in [0.5, 0.6) is 0 Å². The Hall–Kier alpha value is -2.16. The van der Waals surface area contributed by atoms with Crippen LogP contribution in [0.1, 0.15) is 19.3 Å². The van der Waals surface area contributed by atoms with E-state index in [2.05, 4.69) is 30.6 Å². The molecule has 3 rings (SSSR count). The molecule has 0 atom stereocenters. The Kier molecular flexibility index (Phi) is 4.00. The van der Waals surface area contributed by atoms with E-state index < -0.39 is 0 Å². The smallest absolute Gasteiger partial charge is 0.243 e. The first-order chi connectivity index (χ1) is 10.3. The van der Waals surface area contributed by atoms with Crippen LogP contribution in [0.4, 0.5) is 17.8 Å². The molecule has 1 aromatic heterocycles. The van der Waals surface area contributed by atoms with Crippen LogP contribution in [-0.2, 0) is 4.79 Å². The third kappa shape index (κ3) is 3.13. The van der Waals surface area contributed by atoms with Gasteiger partial charge in [0.15, 0.2) is 0 Å². The Balaban J connectivity index is 1.86. The van der Waals surface area contributed by atoms with Crippen LogP contribution in [0.3, 0.4) is 0 Å². The fourth-order valence-electron chi connectivity index (χ4n) is 2.59. The van der Waals surface area contributed by atoms with Crippen molar-refractivity contribution in [1.82, 2.24) is 20.3 Å². The van der Waals surface area contributed by atoms with Crippen molar-refractivity contribution in [2.45, 2.75) is 19.3 Å². The van der Waals surface area contributed by atoms with E-state index in [0.717, 1.165) is 25.9 Å². The van der Waals surface area contributed by atoms with Gasteiger partial charge in [-0.15, -0.1) is 0 Å². The number of amides is 1. The summed E-state index contributed by atoms with van der Waals surface area (Å²) in [5.41, 5.74) is 2.50. The molecule has 2 aliphatic heterocycles. The number of nitrogen functional groups attached to an aromatic ring is 1. The number of nitrogens with one attached hydrogen (secondary N) is 2. The number of hydrogen-bond acceptors (Lipinski definition) is 8. The zero-order valence-electron chi connectivity index (χ0n) is 11.9. The second-order valence-corrected chi connectivity index (χ2v) is 5.18. The van der Waals surface area contributed by atoms with Crippen LogP contribution in [0.25, 0.3) is 0 Å². The maximum Gasteiger partial charge on any atom is 0.243 e. The van der Waals surface area contributed by atoms with Crippen LogP contribution in [0, 0.1) is 0 Å². The number of rotatable bonds is 3. The van der Waals surface area contributed by atoms with Gasteiger partial charge in [-0.2, -0.15) is 15.0 Å². The lowest BCUT2D eigenvalue weighted by Gasteiger charge is -2.22. The molecule has 2 saturated heterocycles. The molecule has 9 nitrogen and oxygen atoms in total. The lowest BCUT2D eigenvalue weighted by molar-refractivity contribution is -0.120. The lowest BCUT2D eigenvalue weighted by Crippen LogP contribution is -2.31. The monoisotopic (exact) mass is 292 g/mol. The molecule has 0 aliphatic carbocycles. The first kappa shape index (κ1) is 13.8. The summed E-state index contributed by atoms with van der Waals surface area (Å²) < 4.78 is 0. The Morgan fingerprint density at radius 1 is 1.00 bits per heavy atom. The molecule has 1 amide bonds. The fourth-order valence-corrected chi connectivity index (χ4v) is 2.59. The van der Waals surface area contributed by atoms with Crippen LogP contribution in [0.15, 0.2) is 0 Å². The molecule has 0 radical (unpaired) electrons. The molecule has 0 spiro atoms. The van der Waals surface area contributed by atoms with Gasteiger partial charge in [0.25, 0.3) is 0 Å². The highest BCUT2D eigenvalue weighted by molar-refractivity contribution is 5.77. The van der Waals surface area contributed by atoms with E-state index in [0.29, 0.717) is 43.9 Å². The number of nitrogens with zero attached hydrogens (tertiary/aromatic N) is 5. The number of aromatic nitrogens is 3. The molecule has 3 heterocycles. The Morgan fingerprint density at radius 3 is 2.33 bits per heavy atom. The molecule has 0 bridgehead atoms. The zero-order chi connectivity index (χ0) is 14.7. The number of anilines is 3. The van der Waals surface area contributed by atoms with E-state index in [-0.39, 0.29) is 5.91 Å². The van der Waals surface area contributed by atoms with Crippen molar-refractivity contribution in [1.29, 1.82) is 0 Å². The first-order valence-electron chi connectivity index (χ1n) is 7.25. The first-order valence-corrected chi connectivity index (χ1v) is 7.25. The minimum absolute atomic E-state index is 0.0588. The molecular weight excluding hydrogens is 272 g/mol. The van der Waals surface area contributed by atoms with E-state index in [9.17, 15) is 4.79 Å². The number of hydrogen-bond donors (Lipinski definition) is 3. The second-order valence-electron chi connectivity index (χ2n) is 5.18. The number of carbonyl (C=O) groups excluding carboxylic acids is 1. The number of carbonyl (C=O) groups is 1. The van der Waals surface area contributed by atoms with Crippen LogP contribution < -0.4 is 26.4 Å². The summed E-state index contributed by atoms with van der Waals surface area (Å²) in [5, 5.41) is 2.84. The van der Waals surface area contributed by atoms with Crippen molar-refractivity contribution in [3.05, 3.63) is 0 Å². The summed E-state index contributed by atoms with van der Waals surface area (Å²) >= 11 is 0. The van der Waals surface area contributed by atoms with Crippen molar-refractivity contribution in [3.63, 3.8) is 0 Å². The molecule has 114 valence electrons. The summed E-state index contributed by atoms with van der Waals surface area (Å²) in [7, 11) is 0. The minimum Gasteiger partial charge on any atom is -0.354 e. The van der Waals surface area contributed by atoms with E-state index in [1.165, 1.54) is 0 Å². The highest BCUT2D eigenvalue weighted by atomic mass is 16.1. The molecule has 0 unspecified atom stereocenters. The van der Waals surface area contributed by atoms with Crippen molar-refractivity contribution in [3.8, 4) is 0 Å². The largest absolute Gasteiger partial charge is 0.354 e. The van der Waals surface area contributed by atoms with Crippen molar-refractivity contribution in [2.24, 2.45) is 5.84 Å². The molecule has 0 saturated carbocycles. The summed E-state index contributed by atoms with van der Waals surface area (Å²) in [6, 6.07) is 0. The van der Waals surface area contributed by atoms with Gasteiger partial charge in [-0.3, -0.25) is 10.2 Å². The molecule has 0 aromatic carbocycles. The summed E-state index contributed by atoms with van der Waals surface area (Å²) in [6.45, 7) is 3.77. The van der Waals surface area contributed by atoms with Gasteiger partial charge >= 0.3 is 0 Å². The third-order valence-electron chi connectivity index (χ3n) is 3.73. The average molecular weight is 292 g/mol. The molecular formula is C12H20N8O. The molecule has 4 N–H and O–H groups in total. The highest BCUT2D eigenvalue weighted by Gasteiger charge is 2.21. The maximum absolute atomic E-state index is 11.4. The maximum atomic E-state index is 11.4. The van der Waals surface area contributed by atoms with E-state index in [4.69, 9.17) is 5.84 Å². The van der Waals surface area contributed by atoms with Crippen molar-refractivity contribution < 1.29 is 4.79 Å². The normalized spacial score (nSPS) is 19.4. The third-order valence-corrected chi connectivity index (χ3v) is 3.73. The second kappa shape index (κ2) is 6.08. The highest BCUT2D eigenvalue weighted by Crippen LogP contribution is 2.20. The van der Waals surface area contributed by atoms with Crippen LogP contribution >= 0.6 is 0 Å². The summed E-state index contributed by atoms with van der Waals surface area (Å²) in [4.78, 5) is 28.7. The van der Waals surface area contributed by atoms with Gasteiger partial charge in [0.1, 0.15) is 0 Å². The SMILES string of the molecule is NNc1nc(N2CCCC2)nc(N2CCNC(=O)CC2)n1. The molecule has 2 aliphatic rings. The molecule has 21 heavy (non-hydrogen) atoms. The standard InChI is InChI=1S/C12H20N8O/c13-18-10-15-11(19-5-1-2-6-19)17-12(16-10)20-7-3-9(21)14-4-8-20/h1-8,13H2,(H,14,21)(H,15,16,17,18). The molecule has 2 fully saturated rings. The van der Waals surface area contributed by atoms with Gasteiger partial charge in [0.2, 0.25) is 23.8 Å². The number of hydrazine groups is 1. The van der Waals surface area contributed by atoms with Gasteiger partial charge in [0.05, 0.1) is 0 Å².